The molecule has 1 aromatic rings. The number of carbonyl (C=O) groups is 1. The molecule has 120 valence electrons. The van der Waals surface area contributed by atoms with E-state index >= 15 is 0 Å². The number of rotatable bonds is 4. The van der Waals surface area contributed by atoms with Crippen molar-refractivity contribution in [3.05, 3.63) is 24.2 Å². The summed E-state index contributed by atoms with van der Waals surface area (Å²) in [6.45, 7) is 7.34. The number of hydrogen-bond acceptors (Lipinski definition) is 4. The Labute approximate surface area is 131 Å². The van der Waals surface area contributed by atoms with Crippen LogP contribution in [0.15, 0.2) is 22.8 Å². The minimum atomic E-state index is -0.610. The van der Waals surface area contributed by atoms with E-state index in [1.165, 1.54) is 0 Å². The molecule has 21 heavy (non-hydrogen) atoms. The summed E-state index contributed by atoms with van der Waals surface area (Å²) in [5, 5.41) is 12.9. The third-order valence-electron chi connectivity index (χ3n) is 3.37. The van der Waals surface area contributed by atoms with Crippen molar-refractivity contribution >= 4 is 18.4 Å². The Morgan fingerprint density at radius 2 is 2.05 bits per heavy atom. The van der Waals surface area contributed by atoms with E-state index in [-0.39, 0.29) is 24.5 Å². The van der Waals surface area contributed by atoms with Crippen LogP contribution < -0.4 is 5.32 Å². The molecule has 0 radical (unpaired) electrons. The van der Waals surface area contributed by atoms with Crippen LogP contribution in [0.3, 0.4) is 0 Å². The van der Waals surface area contributed by atoms with Crippen molar-refractivity contribution in [1.29, 1.82) is 0 Å². The average molecular weight is 318 g/mol. The predicted octanol–water partition coefficient (Wildman–Crippen LogP) is 1.47. The van der Waals surface area contributed by atoms with E-state index in [4.69, 9.17) is 4.42 Å². The molecule has 1 aliphatic heterocycles. The highest BCUT2D eigenvalue weighted by atomic mass is 35.5. The van der Waals surface area contributed by atoms with Crippen LogP contribution in [-0.2, 0) is 0 Å². The number of carbonyl (C=O) groups excluding carboxylic acids is 1. The van der Waals surface area contributed by atoms with Crippen molar-refractivity contribution in [3.63, 3.8) is 0 Å². The van der Waals surface area contributed by atoms with Gasteiger partial charge >= 0.3 is 6.03 Å². The molecule has 7 heteroatoms. The van der Waals surface area contributed by atoms with Crippen LogP contribution in [0.4, 0.5) is 4.79 Å². The first kappa shape index (κ1) is 17.8. The molecule has 0 aromatic carbocycles. The fourth-order valence-electron chi connectivity index (χ4n) is 2.29. The zero-order valence-corrected chi connectivity index (χ0v) is 13.3. The summed E-state index contributed by atoms with van der Waals surface area (Å²) >= 11 is 0. The molecule has 1 unspecified atom stereocenters. The second-order valence-electron chi connectivity index (χ2n) is 5.42. The van der Waals surface area contributed by atoms with Crippen molar-refractivity contribution in [1.82, 2.24) is 15.1 Å². The van der Waals surface area contributed by atoms with Gasteiger partial charge in [-0.1, -0.05) is 0 Å². The highest BCUT2D eigenvalue weighted by Crippen LogP contribution is 2.15. The molecule has 6 nitrogen and oxygen atoms in total. The molecule has 2 rings (SSSR count). The third-order valence-corrected chi connectivity index (χ3v) is 3.37. The standard InChI is InChI=1S/C14H23N3O3.ClH/c1-11(2)15-14(19)17-7-5-16(6-8-17)10-12(18)13-4-3-9-20-13;/h3-4,9,11-12,18H,5-8,10H2,1-2H3,(H,15,19);1H. The maximum atomic E-state index is 11.9. The van der Waals surface area contributed by atoms with Crippen LogP contribution in [0.25, 0.3) is 0 Å². The maximum Gasteiger partial charge on any atom is 0.317 e. The molecule has 2 N–H and O–H groups in total. The number of β-amino-alcohol motifs (C(OH)–C–C–N with tert-alkyl or cyclic N) is 1. The monoisotopic (exact) mass is 317 g/mol. The Balaban J connectivity index is 0.00000220. The van der Waals surface area contributed by atoms with E-state index in [0.29, 0.717) is 25.4 Å². The first-order chi connectivity index (χ1) is 9.56. The van der Waals surface area contributed by atoms with Crippen molar-refractivity contribution in [2.75, 3.05) is 32.7 Å². The van der Waals surface area contributed by atoms with Gasteiger partial charge in [0.2, 0.25) is 0 Å². The minimum absolute atomic E-state index is 0. The normalized spacial score (nSPS) is 17.4. The van der Waals surface area contributed by atoms with Crippen LogP contribution in [0.2, 0.25) is 0 Å². The Morgan fingerprint density at radius 1 is 1.38 bits per heavy atom. The van der Waals surface area contributed by atoms with Crippen LogP contribution in [0.1, 0.15) is 25.7 Å². The lowest BCUT2D eigenvalue weighted by Gasteiger charge is -2.35. The molecule has 2 heterocycles. The van der Waals surface area contributed by atoms with Crippen molar-refractivity contribution < 1.29 is 14.3 Å². The molecule has 1 aromatic heterocycles. The predicted molar refractivity (Wildman–Crippen MR) is 82.6 cm³/mol. The molecule has 1 atom stereocenters. The second-order valence-corrected chi connectivity index (χ2v) is 5.42. The number of hydrogen-bond donors (Lipinski definition) is 2. The SMILES string of the molecule is CC(C)NC(=O)N1CCN(CC(O)c2ccco2)CC1.Cl. The number of halogens is 1. The highest BCUT2D eigenvalue weighted by molar-refractivity contribution is 5.85. The number of aliphatic hydroxyl groups excluding tert-OH is 1. The molecule has 1 aliphatic rings. The van der Waals surface area contributed by atoms with E-state index in [1.54, 1.807) is 18.4 Å². The minimum Gasteiger partial charge on any atom is -0.467 e. The Bertz CT molecular complexity index is 417. The van der Waals surface area contributed by atoms with Gasteiger partial charge in [0, 0.05) is 38.8 Å². The van der Waals surface area contributed by atoms with Gasteiger partial charge in [0.15, 0.2) is 0 Å². The van der Waals surface area contributed by atoms with Gasteiger partial charge in [-0.2, -0.15) is 0 Å². The molecule has 0 aliphatic carbocycles. The first-order valence-corrected chi connectivity index (χ1v) is 7.05. The third kappa shape index (κ3) is 5.22. The van der Waals surface area contributed by atoms with Gasteiger partial charge in [-0.25, -0.2) is 4.79 Å². The summed E-state index contributed by atoms with van der Waals surface area (Å²) in [4.78, 5) is 15.8. The van der Waals surface area contributed by atoms with Crippen LogP contribution >= 0.6 is 12.4 Å². The summed E-state index contributed by atoms with van der Waals surface area (Å²) < 4.78 is 5.19. The molecule has 1 fully saturated rings. The van der Waals surface area contributed by atoms with Gasteiger partial charge in [0.1, 0.15) is 11.9 Å². The molecule has 2 amide bonds. The number of piperazine rings is 1. The molecule has 0 spiro atoms. The van der Waals surface area contributed by atoms with Gasteiger partial charge in [0.25, 0.3) is 0 Å². The maximum absolute atomic E-state index is 11.9. The second kappa shape index (κ2) is 8.26. The lowest BCUT2D eigenvalue weighted by Crippen LogP contribution is -2.53. The zero-order chi connectivity index (χ0) is 14.5. The van der Waals surface area contributed by atoms with Gasteiger partial charge in [0.05, 0.1) is 6.26 Å². The van der Waals surface area contributed by atoms with Crippen molar-refractivity contribution in [2.45, 2.75) is 26.0 Å². The summed E-state index contributed by atoms with van der Waals surface area (Å²) in [5.41, 5.74) is 0. The van der Waals surface area contributed by atoms with E-state index < -0.39 is 6.10 Å². The Kier molecular flexibility index (Phi) is 7.01. The summed E-state index contributed by atoms with van der Waals surface area (Å²) in [5.74, 6) is 0.588. The number of nitrogens with one attached hydrogen (secondary N) is 1. The molecular weight excluding hydrogens is 294 g/mol. The van der Waals surface area contributed by atoms with Gasteiger partial charge in [-0.15, -0.1) is 12.4 Å². The summed E-state index contributed by atoms with van der Waals surface area (Å²) in [6.07, 6.45) is 0.952. The van der Waals surface area contributed by atoms with E-state index in [2.05, 4.69) is 10.2 Å². The lowest BCUT2D eigenvalue weighted by atomic mass is 10.2. The molecule has 1 saturated heterocycles. The van der Waals surface area contributed by atoms with Gasteiger partial charge in [-0.3, -0.25) is 4.90 Å². The lowest BCUT2D eigenvalue weighted by molar-refractivity contribution is 0.0689. The highest BCUT2D eigenvalue weighted by Gasteiger charge is 2.23. The van der Waals surface area contributed by atoms with Gasteiger partial charge in [-0.05, 0) is 26.0 Å². The largest absolute Gasteiger partial charge is 0.467 e. The van der Waals surface area contributed by atoms with E-state index in [0.717, 1.165) is 13.1 Å². The fraction of sp³-hybridized carbons (Fsp3) is 0.643. The molecule has 0 saturated carbocycles. The molecular formula is C14H24ClN3O3. The number of amides is 2. The quantitative estimate of drug-likeness (QED) is 0.882. The Hall–Kier alpha value is -1.24. The average Bonchev–Trinajstić information content (AvgIpc) is 2.92. The zero-order valence-electron chi connectivity index (χ0n) is 12.5. The van der Waals surface area contributed by atoms with E-state index in [1.807, 2.05) is 18.7 Å². The fourth-order valence-corrected chi connectivity index (χ4v) is 2.29. The van der Waals surface area contributed by atoms with E-state index in [9.17, 15) is 9.90 Å². The van der Waals surface area contributed by atoms with Crippen LogP contribution in [0.5, 0.6) is 0 Å². The van der Waals surface area contributed by atoms with Gasteiger partial charge < -0.3 is 19.7 Å². The van der Waals surface area contributed by atoms with Crippen LogP contribution in [0, 0.1) is 0 Å². The number of nitrogens with zero attached hydrogens (tertiary/aromatic N) is 2. The number of urea groups is 1. The van der Waals surface area contributed by atoms with Crippen molar-refractivity contribution in [3.8, 4) is 0 Å². The number of furan rings is 1. The van der Waals surface area contributed by atoms with Crippen molar-refractivity contribution in [2.24, 2.45) is 0 Å². The molecule has 0 bridgehead atoms. The smallest absolute Gasteiger partial charge is 0.317 e. The topological polar surface area (TPSA) is 69.0 Å². The first-order valence-electron chi connectivity index (χ1n) is 7.05. The Morgan fingerprint density at radius 3 is 2.57 bits per heavy atom. The summed E-state index contributed by atoms with van der Waals surface area (Å²) in [6, 6.07) is 3.69. The number of aliphatic hydroxyl groups is 1. The summed E-state index contributed by atoms with van der Waals surface area (Å²) in [7, 11) is 0. The van der Waals surface area contributed by atoms with Crippen LogP contribution in [-0.4, -0.2) is 59.7 Å².